The number of carbonyl (C=O) groups is 1. The van der Waals surface area contributed by atoms with Gasteiger partial charge in [0.2, 0.25) is 0 Å². The van der Waals surface area contributed by atoms with Crippen molar-refractivity contribution in [3.05, 3.63) is 0 Å². The fourth-order valence-corrected chi connectivity index (χ4v) is 1.17. The highest BCUT2D eigenvalue weighted by atomic mass is 79.9. The number of carbonyl (C=O) groups excluding carboxylic acids is 1. The van der Waals surface area contributed by atoms with Crippen LogP contribution in [0.1, 0.15) is 39.5 Å². The second-order valence-electron chi connectivity index (χ2n) is 3.28. The van der Waals surface area contributed by atoms with E-state index < -0.39 is 0 Å². The number of hydrogen-bond donors (Lipinski definition) is 0. The quantitative estimate of drug-likeness (QED) is 0.394. The molecule has 0 spiro atoms. The lowest BCUT2D eigenvalue weighted by Gasteiger charge is -2.07. The van der Waals surface area contributed by atoms with Gasteiger partial charge in [0.05, 0.1) is 12.5 Å². The van der Waals surface area contributed by atoms with E-state index in [0.717, 1.165) is 12.8 Å². The summed E-state index contributed by atoms with van der Waals surface area (Å²) in [5.74, 6) is -0.112. The molecule has 0 aliphatic rings. The third-order valence-electron chi connectivity index (χ3n) is 1.88. The summed E-state index contributed by atoms with van der Waals surface area (Å²) in [6.45, 7) is 4.61. The first-order valence-electron chi connectivity index (χ1n) is 4.95. The highest BCUT2D eigenvalue weighted by Crippen LogP contribution is 2.04. The highest BCUT2D eigenvalue weighted by molar-refractivity contribution is 9.09. The van der Waals surface area contributed by atoms with Gasteiger partial charge >= 0.3 is 5.97 Å². The summed E-state index contributed by atoms with van der Waals surface area (Å²) in [6, 6.07) is 0. The van der Waals surface area contributed by atoms with Gasteiger partial charge in [-0.3, -0.25) is 4.79 Å². The van der Waals surface area contributed by atoms with Gasteiger partial charge in [-0.15, -0.1) is 0 Å². The van der Waals surface area contributed by atoms with Crippen LogP contribution in [0.5, 0.6) is 0 Å². The van der Waals surface area contributed by atoms with Crippen molar-refractivity contribution in [2.24, 2.45) is 5.92 Å². The maximum absolute atomic E-state index is 11.2. The molecule has 0 radical (unpaired) electrons. The minimum Gasteiger partial charge on any atom is -0.465 e. The van der Waals surface area contributed by atoms with E-state index in [1.54, 1.807) is 0 Å². The first-order valence-corrected chi connectivity index (χ1v) is 6.07. The number of alkyl halides is 1. The van der Waals surface area contributed by atoms with Crippen LogP contribution in [0, 0.1) is 5.92 Å². The first kappa shape index (κ1) is 12.9. The second-order valence-corrected chi connectivity index (χ2v) is 3.93. The zero-order chi connectivity index (χ0) is 10.1. The Morgan fingerprint density at radius 1 is 1.38 bits per heavy atom. The smallest absolute Gasteiger partial charge is 0.309 e. The maximum atomic E-state index is 11.2. The normalized spacial score (nSPS) is 12.5. The third-order valence-corrected chi connectivity index (χ3v) is 2.85. The average molecular weight is 251 g/mol. The molecule has 0 aliphatic heterocycles. The molecule has 0 amide bonds. The molecule has 0 aromatic carbocycles. The SMILES string of the molecule is CCCCCCOC(=O)C(C)CBr. The molecular weight excluding hydrogens is 232 g/mol. The van der Waals surface area contributed by atoms with Gasteiger partial charge in [-0.2, -0.15) is 0 Å². The number of esters is 1. The van der Waals surface area contributed by atoms with Crippen molar-refractivity contribution in [3.63, 3.8) is 0 Å². The van der Waals surface area contributed by atoms with Gasteiger partial charge < -0.3 is 4.74 Å². The summed E-state index contributed by atoms with van der Waals surface area (Å²) in [7, 11) is 0. The average Bonchev–Trinajstić information content (AvgIpc) is 2.16. The number of ether oxygens (including phenoxy) is 1. The Kier molecular flexibility index (Phi) is 8.51. The van der Waals surface area contributed by atoms with E-state index in [1.807, 2.05) is 6.92 Å². The molecule has 0 N–H and O–H groups in total. The van der Waals surface area contributed by atoms with Crippen LogP contribution in [0.2, 0.25) is 0 Å². The Hall–Kier alpha value is -0.0500. The van der Waals surface area contributed by atoms with Crippen LogP contribution >= 0.6 is 15.9 Å². The number of halogens is 1. The van der Waals surface area contributed by atoms with Crippen LogP contribution < -0.4 is 0 Å². The first-order chi connectivity index (χ1) is 6.22. The van der Waals surface area contributed by atoms with Crippen LogP contribution in [-0.2, 0) is 9.53 Å². The lowest BCUT2D eigenvalue weighted by Crippen LogP contribution is -2.16. The monoisotopic (exact) mass is 250 g/mol. The van der Waals surface area contributed by atoms with Crippen LogP contribution in [0.15, 0.2) is 0 Å². The number of unbranched alkanes of at least 4 members (excludes halogenated alkanes) is 3. The van der Waals surface area contributed by atoms with Gasteiger partial charge in [0, 0.05) is 5.33 Å². The van der Waals surface area contributed by atoms with Crippen LogP contribution in [-0.4, -0.2) is 17.9 Å². The number of hydrogen-bond acceptors (Lipinski definition) is 2. The van der Waals surface area contributed by atoms with E-state index in [2.05, 4.69) is 22.9 Å². The Balaban J connectivity index is 3.27. The van der Waals surface area contributed by atoms with Gasteiger partial charge in [0.15, 0.2) is 0 Å². The van der Waals surface area contributed by atoms with E-state index in [4.69, 9.17) is 4.74 Å². The predicted octanol–water partition coefficient (Wildman–Crippen LogP) is 3.14. The summed E-state index contributed by atoms with van der Waals surface area (Å²) in [5.41, 5.74) is 0. The molecule has 0 aromatic heterocycles. The van der Waals surface area contributed by atoms with Crippen molar-refractivity contribution in [3.8, 4) is 0 Å². The molecule has 3 heteroatoms. The summed E-state index contributed by atoms with van der Waals surface area (Å²) in [5, 5.41) is 0.681. The lowest BCUT2D eigenvalue weighted by atomic mass is 10.2. The summed E-state index contributed by atoms with van der Waals surface area (Å²) in [6.07, 6.45) is 4.60. The molecular formula is C10H19BrO2. The summed E-state index contributed by atoms with van der Waals surface area (Å²) >= 11 is 3.25. The van der Waals surface area contributed by atoms with E-state index in [-0.39, 0.29) is 11.9 Å². The molecule has 0 rings (SSSR count). The third kappa shape index (κ3) is 7.05. The van der Waals surface area contributed by atoms with Gasteiger partial charge in [-0.1, -0.05) is 49.0 Å². The van der Waals surface area contributed by atoms with Crippen molar-refractivity contribution >= 4 is 21.9 Å². The molecule has 0 aliphatic carbocycles. The predicted molar refractivity (Wildman–Crippen MR) is 58.1 cm³/mol. The molecule has 0 saturated heterocycles. The number of rotatable bonds is 7. The van der Waals surface area contributed by atoms with Crippen molar-refractivity contribution in [1.82, 2.24) is 0 Å². The van der Waals surface area contributed by atoms with Crippen LogP contribution in [0.25, 0.3) is 0 Å². The maximum Gasteiger partial charge on any atom is 0.309 e. The molecule has 1 atom stereocenters. The fraction of sp³-hybridized carbons (Fsp3) is 0.900. The Morgan fingerprint density at radius 3 is 2.62 bits per heavy atom. The fourth-order valence-electron chi connectivity index (χ4n) is 0.907. The van der Waals surface area contributed by atoms with E-state index in [0.29, 0.717) is 11.9 Å². The van der Waals surface area contributed by atoms with Gasteiger partial charge in [0.1, 0.15) is 0 Å². The highest BCUT2D eigenvalue weighted by Gasteiger charge is 2.11. The van der Waals surface area contributed by atoms with E-state index in [1.165, 1.54) is 12.8 Å². The van der Waals surface area contributed by atoms with E-state index >= 15 is 0 Å². The Bertz CT molecular complexity index is 137. The molecule has 2 nitrogen and oxygen atoms in total. The molecule has 13 heavy (non-hydrogen) atoms. The Labute approximate surface area is 89.2 Å². The lowest BCUT2D eigenvalue weighted by molar-refractivity contribution is -0.147. The Morgan fingerprint density at radius 2 is 2.08 bits per heavy atom. The molecule has 0 bridgehead atoms. The van der Waals surface area contributed by atoms with Gasteiger partial charge in [-0.05, 0) is 6.42 Å². The molecule has 0 fully saturated rings. The minimum atomic E-state index is -0.0895. The van der Waals surface area contributed by atoms with Crippen molar-refractivity contribution in [1.29, 1.82) is 0 Å². The van der Waals surface area contributed by atoms with Crippen LogP contribution in [0.4, 0.5) is 0 Å². The zero-order valence-corrected chi connectivity index (χ0v) is 10.1. The topological polar surface area (TPSA) is 26.3 Å². The minimum absolute atomic E-state index is 0.0221. The largest absolute Gasteiger partial charge is 0.465 e. The van der Waals surface area contributed by atoms with Crippen molar-refractivity contribution in [2.45, 2.75) is 39.5 Å². The van der Waals surface area contributed by atoms with E-state index in [9.17, 15) is 4.79 Å². The second kappa shape index (κ2) is 8.54. The summed E-state index contributed by atoms with van der Waals surface area (Å²) in [4.78, 5) is 11.2. The van der Waals surface area contributed by atoms with Crippen molar-refractivity contribution in [2.75, 3.05) is 11.9 Å². The van der Waals surface area contributed by atoms with Crippen molar-refractivity contribution < 1.29 is 9.53 Å². The molecule has 78 valence electrons. The molecule has 0 heterocycles. The van der Waals surface area contributed by atoms with Crippen LogP contribution in [0.3, 0.4) is 0 Å². The molecule has 1 unspecified atom stereocenters. The standard InChI is InChI=1S/C10H19BrO2/c1-3-4-5-6-7-13-10(12)9(2)8-11/h9H,3-8H2,1-2H3. The van der Waals surface area contributed by atoms with Gasteiger partial charge in [0.25, 0.3) is 0 Å². The molecule has 0 saturated carbocycles. The zero-order valence-electron chi connectivity index (χ0n) is 8.51. The summed E-state index contributed by atoms with van der Waals surface area (Å²) < 4.78 is 5.07. The molecule has 0 aromatic rings. The van der Waals surface area contributed by atoms with Gasteiger partial charge in [-0.25, -0.2) is 0 Å².